The van der Waals surface area contributed by atoms with E-state index >= 15 is 0 Å². The predicted octanol–water partition coefficient (Wildman–Crippen LogP) is 1.29. The third-order valence-electron chi connectivity index (χ3n) is 3.62. The van der Waals surface area contributed by atoms with E-state index in [1.807, 2.05) is 0 Å². The minimum absolute atomic E-state index is 0.119. The zero-order valence-corrected chi connectivity index (χ0v) is 12.2. The molecule has 0 aromatic carbocycles. The van der Waals surface area contributed by atoms with E-state index in [1.165, 1.54) is 0 Å². The van der Waals surface area contributed by atoms with Crippen LogP contribution in [0, 0.1) is 5.41 Å². The molecule has 0 atom stereocenters. The quantitative estimate of drug-likeness (QED) is 0.731. The molecule has 5 nitrogen and oxygen atoms in total. The largest absolute Gasteiger partial charge is 0.392 e. The number of thiocarbonyl (C=S) groups is 1. The first-order valence-electron chi connectivity index (χ1n) is 6.29. The summed E-state index contributed by atoms with van der Waals surface area (Å²) < 4.78 is 0. The zero-order chi connectivity index (χ0) is 13.9. The Morgan fingerprint density at radius 2 is 2.16 bits per heavy atom. The number of hydrogen-bond donors (Lipinski definition) is 3. The van der Waals surface area contributed by atoms with Crippen LogP contribution in [0.25, 0.3) is 0 Å². The highest BCUT2D eigenvalue weighted by Gasteiger charge is 2.42. The average Bonchev–Trinajstić information content (AvgIpc) is 2.82. The molecule has 1 aliphatic carbocycles. The van der Waals surface area contributed by atoms with Gasteiger partial charge in [-0.25, -0.2) is 0 Å². The summed E-state index contributed by atoms with van der Waals surface area (Å²) in [6.07, 6.45) is 4.50. The summed E-state index contributed by atoms with van der Waals surface area (Å²) in [4.78, 5) is 26.2. The Balaban J connectivity index is 2.04. The summed E-state index contributed by atoms with van der Waals surface area (Å²) in [5, 5.41) is 4.54. The van der Waals surface area contributed by atoms with E-state index in [2.05, 4.69) is 10.3 Å². The fourth-order valence-corrected chi connectivity index (χ4v) is 3.36. The van der Waals surface area contributed by atoms with Gasteiger partial charge >= 0.3 is 4.87 Å². The van der Waals surface area contributed by atoms with Crippen molar-refractivity contribution in [2.24, 2.45) is 11.1 Å². The number of hydrogen-bond acceptors (Lipinski definition) is 4. The molecular weight excluding hydrogens is 282 g/mol. The summed E-state index contributed by atoms with van der Waals surface area (Å²) in [5.74, 6) is -0.119. The topological polar surface area (TPSA) is 88.0 Å². The molecule has 1 fully saturated rings. The van der Waals surface area contributed by atoms with E-state index in [4.69, 9.17) is 18.0 Å². The molecule has 7 heteroatoms. The molecule has 1 aromatic heterocycles. The van der Waals surface area contributed by atoms with Crippen LogP contribution in [0.5, 0.6) is 0 Å². The monoisotopic (exact) mass is 299 g/mol. The molecule has 0 saturated heterocycles. The standard InChI is InChI=1S/C12H17N3O2S2/c13-9(18)12(4-2-1-3-5-12)10(16)14-6-8-7-19-11(17)15-8/h7H,1-6H2,(H2,13,18)(H,14,16)(H,15,17). The van der Waals surface area contributed by atoms with Crippen molar-refractivity contribution in [3.8, 4) is 0 Å². The Kier molecular flexibility index (Phi) is 4.36. The summed E-state index contributed by atoms with van der Waals surface area (Å²) in [5.41, 5.74) is 5.79. The summed E-state index contributed by atoms with van der Waals surface area (Å²) >= 11 is 6.18. The van der Waals surface area contributed by atoms with Gasteiger partial charge in [-0.3, -0.25) is 9.59 Å². The Morgan fingerprint density at radius 3 is 2.68 bits per heavy atom. The van der Waals surface area contributed by atoms with Crippen molar-refractivity contribution in [1.29, 1.82) is 0 Å². The zero-order valence-electron chi connectivity index (χ0n) is 10.5. The minimum Gasteiger partial charge on any atom is -0.392 e. The van der Waals surface area contributed by atoms with Crippen molar-refractivity contribution in [2.75, 3.05) is 0 Å². The van der Waals surface area contributed by atoms with Crippen LogP contribution >= 0.6 is 23.6 Å². The van der Waals surface area contributed by atoms with E-state index < -0.39 is 5.41 Å². The smallest absolute Gasteiger partial charge is 0.304 e. The van der Waals surface area contributed by atoms with Crippen LogP contribution in [-0.2, 0) is 11.3 Å². The first-order valence-corrected chi connectivity index (χ1v) is 7.58. The lowest BCUT2D eigenvalue weighted by molar-refractivity contribution is -0.129. The highest BCUT2D eigenvalue weighted by molar-refractivity contribution is 7.80. The Morgan fingerprint density at radius 1 is 1.47 bits per heavy atom. The molecule has 104 valence electrons. The minimum atomic E-state index is -0.704. The van der Waals surface area contributed by atoms with Gasteiger partial charge in [0.2, 0.25) is 5.91 Å². The van der Waals surface area contributed by atoms with Crippen LogP contribution in [0.3, 0.4) is 0 Å². The van der Waals surface area contributed by atoms with Crippen molar-refractivity contribution >= 4 is 34.5 Å². The third-order valence-corrected chi connectivity index (χ3v) is 4.73. The van der Waals surface area contributed by atoms with Gasteiger partial charge in [-0.2, -0.15) is 0 Å². The molecule has 0 radical (unpaired) electrons. The number of carbonyl (C=O) groups excluding carboxylic acids is 1. The molecule has 0 aliphatic heterocycles. The molecule has 1 heterocycles. The van der Waals surface area contributed by atoms with Crippen molar-refractivity contribution in [1.82, 2.24) is 10.3 Å². The maximum atomic E-state index is 12.4. The average molecular weight is 299 g/mol. The van der Waals surface area contributed by atoms with Crippen molar-refractivity contribution < 1.29 is 4.79 Å². The Bertz CT molecular complexity index is 529. The second-order valence-electron chi connectivity index (χ2n) is 4.86. The van der Waals surface area contributed by atoms with E-state index in [0.29, 0.717) is 25.1 Å². The van der Waals surface area contributed by atoms with Crippen molar-refractivity contribution in [2.45, 2.75) is 38.6 Å². The summed E-state index contributed by atoms with van der Waals surface area (Å²) in [7, 11) is 0. The molecular formula is C12H17N3O2S2. The van der Waals surface area contributed by atoms with E-state index in [0.717, 1.165) is 30.6 Å². The summed E-state index contributed by atoms with van der Waals surface area (Å²) in [6, 6.07) is 0. The first-order chi connectivity index (χ1) is 9.04. The van der Waals surface area contributed by atoms with Gasteiger partial charge in [-0.05, 0) is 12.8 Å². The third kappa shape index (κ3) is 3.03. The van der Waals surface area contributed by atoms with Gasteiger partial charge in [0.25, 0.3) is 0 Å². The van der Waals surface area contributed by atoms with Crippen LogP contribution in [0.15, 0.2) is 10.2 Å². The van der Waals surface area contributed by atoms with Gasteiger partial charge in [-0.15, -0.1) is 0 Å². The van der Waals surface area contributed by atoms with Gasteiger partial charge in [0, 0.05) is 11.1 Å². The lowest BCUT2D eigenvalue weighted by atomic mass is 9.73. The van der Waals surface area contributed by atoms with Gasteiger partial charge < -0.3 is 16.0 Å². The fourth-order valence-electron chi connectivity index (χ4n) is 2.49. The lowest BCUT2D eigenvalue weighted by Gasteiger charge is -2.34. The normalized spacial score (nSPS) is 17.9. The number of nitrogens with one attached hydrogen (secondary N) is 2. The fraction of sp³-hybridized carbons (Fsp3) is 0.583. The van der Waals surface area contributed by atoms with Crippen LogP contribution in [-0.4, -0.2) is 15.9 Å². The first kappa shape index (κ1) is 14.2. The molecule has 2 rings (SSSR count). The summed E-state index contributed by atoms with van der Waals surface area (Å²) in [6.45, 7) is 0.307. The van der Waals surface area contributed by atoms with Crippen LogP contribution < -0.4 is 15.9 Å². The number of amides is 1. The molecule has 0 spiro atoms. The molecule has 1 amide bonds. The lowest BCUT2D eigenvalue weighted by Crippen LogP contribution is -2.49. The number of aromatic nitrogens is 1. The van der Waals surface area contributed by atoms with Gasteiger partial charge in [0.1, 0.15) is 0 Å². The number of H-pyrrole nitrogens is 1. The van der Waals surface area contributed by atoms with Crippen LogP contribution in [0.1, 0.15) is 37.8 Å². The molecule has 0 unspecified atom stereocenters. The van der Waals surface area contributed by atoms with Gasteiger partial charge in [0.05, 0.1) is 16.9 Å². The van der Waals surface area contributed by atoms with E-state index in [9.17, 15) is 9.59 Å². The number of nitrogens with two attached hydrogens (primary N) is 1. The van der Waals surface area contributed by atoms with E-state index in [-0.39, 0.29) is 15.8 Å². The maximum absolute atomic E-state index is 12.4. The number of thiazole rings is 1. The van der Waals surface area contributed by atoms with E-state index in [1.54, 1.807) is 5.38 Å². The molecule has 0 bridgehead atoms. The maximum Gasteiger partial charge on any atom is 0.304 e. The predicted molar refractivity (Wildman–Crippen MR) is 79.1 cm³/mol. The van der Waals surface area contributed by atoms with Crippen LogP contribution in [0.2, 0.25) is 0 Å². The molecule has 1 aliphatic rings. The Labute approximate surface area is 120 Å². The number of carbonyl (C=O) groups is 1. The SMILES string of the molecule is NC(=S)C1(C(=O)NCc2csc(=O)[nH]2)CCCCC1. The van der Waals surface area contributed by atoms with Crippen molar-refractivity contribution in [3.63, 3.8) is 0 Å². The molecule has 4 N–H and O–H groups in total. The Hall–Kier alpha value is -1.21. The van der Waals surface area contributed by atoms with Gasteiger partial charge in [0.15, 0.2) is 0 Å². The number of aromatic amines is 1. The molecule has 1 saturated carbocycles. The molecule has 19 heavy (non-hydrogen) atoms. The second-order valence-corrected chi connectivity index (χ2v) is 6.15. The number of rotatable bonds is 4. The van der Waals surface area contributed by atoms with Gasteiger partial charge in [-0.1, -0.05) is 42.8 Å². The molecule has 1 aromatic rings. The van der Waals surface area contributed by atoms with Crippen molar-refractivity contribution in [3.05, 3.63) is 20.7 Å². The highest BCUT2D eigenvalue weighted by atomic mass is 32.1. The highest BCUT2D eigenvalue weighted by Crippen LogP contribution is 2.36. The second kappa shape index (κ2) is 5.83. The van der Waals surface area contributed by atoms with Crippen LogP contribution in [0.4, 0.5) is 0 Å².